The average Bonchev–Trinajstić information content (AvgIpc) is 2.75. The maximum atomic E-state index is 12.0. The Kier molecular flexibility index (Phi) is 3.23. The molecule has 0 aliphatic carbocycles. The van der Waals surface area contributed by atoms with E-state index in [0.29, 0.717) is 12.0 Å². The molecule has 0 unspecified atom stereocenters. The van der Waals surface area contributed by atoms with Crippen molar-refractivity contribution in [3.63, 3.8) is 0 Å². The van der Waals surface area contributed by atoms with E-state index in [4.69, 9.17) is 4.74 Å². The number of hydrogen-bond acceptors (Lipinski definition) is 3. The van der Waals surface area contributed by atoms with Gasteiger partial charge in [-0.3, -0.25) is 4.79 Å². The normalized spacial score (nSPS) is 10.2. The van der Waals surface area contributed by atoms with Crippen molar-refractivity contribution >= 4 is 5.78 Å². The van der Waals surface area contributed by atoms with E-state index < -0.39 is 0 Å². The van der Waals surface area contributed by atoms with Gasteiger partial charge in [-0.25, -0.2) is 4.98 Å². The highest BCUT2D eigenvalue weighted by molar-refractivity contribution is 5.97. The first-order chi connectivity index (χ1) is 8.20. The van der Waals surface area contributed by atoms with Crippen molar-refractivity contribution in [1.29, 1.82) is 0 Å². The summed E-state index contributed by atoms with van der Waals surface area (Å²) in [6, 6.07) is 7.10. The van der Waals surface area contributed by atoms with Gasteiger partial charge in [0, 0.05) is 25.0 Å². The number of ketones is 1. The number of aryl methyl sites for hydroxylation is 1. The van der Waals surface area contributed by atoms with Crippen LogP contribution in [0.4, 0.5) is 0 Å². The van der Waals surface area contributed by atoms with E-state index in [2.05, 4.69) is 4.98 Å². The largest absolute Gasteiger partial charge is 0.497 e. The maximum absolute atomic E-state index is 12.0. The Hall–Kier alpha value is -2.10. The van der Waals surface area contributed by atoms with Crippen LogP contribution >= 0.6 is 0 Å². The van der Waals surface area contributed by atoms with Crippen LogP contribution in [-0.4, -0.2) is 22.4 Å². The second-order valence-corrected chi connectivity index (χ2v) is 3.78. The van der Waals surface area contributed by atoms with Crippen LogP contribution in [-0.2, 0) is 13.5 Å². The summed E-state index contributed by atoms with van der Waals surface area (Å²) in [5, 5.41) is 0. The monoisotopic (exact) mass is 230 g/mol. The zero-order valence-electron chi connectivity index (χ0n) is 9.88. The minimum absolute atomic E-state index is 0.0574. The van der Waals surface area contributed by atoms with Crippen LogP contribution in [0.25, 0.3) is 0 Å². The molecule has 17 heavy (non-hydrogen) atoms. The Bertz CT molecular complexity index is 514. The van der Waals surface area contributed by atoms with E-state index in [1.807, 2.05) is 17.8 Å². The average molecular weight is 230 g/mol. The first kappa shape index (κ1) is 11.4. The zero-order chi connectivity index (χ0) is 12.3. The molecule has 2 aromatic rings. The maximum Gasteiger partial charge on any atom is 0.170 e. The fourth-order valence-electron chi connectivity index (χ4n) is 1.59. The Morgan fingerprint density at radius 2 is 2.06 bits per heavy atom. The molecule has 0 saturated carbocycles. The van der Waals surface area contributed by atoms with Crippen molar-refractivity contribution < 1.29 is 9.53 Å². The third-order valence-electron chi connectivity index (χ3n) is 2.65. The molecule has 0 saturated heterocycles. The lowest BCUT2D eigenvalue weighted by Crippen LogP contribution is -2.08. The standard InChI is InChI=1S/C13H14N2O2/c1-15-8-7-14-13(15)9-12(16)10-3-5-11(17-2)6-4-10/h3-8H,9H2,1-2H3. The number of aromatic nitrogens is 2. The summed E-state index contributed by atoms with van der Waals surface area (Å²) >= 11 is 0. The number of hydrogen-bond donors (Lipinski definition) is 0. The fraction of sp³-hybridized carbons (Fsp3) is 0.231. The molecule has 88 valence electrons. The molecule has 1 heterocycles. The molecule has 1 aromatic heterocycles. The number of rotatable bonds is 4. The lowest BCUT2D eigenvalue weighted by atomic mass is 10.1. The van der Waals surface area contributed by atoms with Crippen molar-refractivity contribution in [1.82, 2.24) is 9.55 Å². The number of imidazole rings is 1. The molecular weight excluding hydrogens is 216 g/mol. The summed E-state index contributed by atoms with van der Waals surface area (Å²) in [5.41, 5.74) is 0.675. The minimum Gasteiger partial charge on any atom is -0.497 e. The van der Waals surface area contributed by atoms with Gasteiger partial charge in [0.05, 0.1) is 13.5 Å². The molecule has 0 aliphatic heterocycles. The second-order valence-electron chi connectivity index (χ2n) is 3.78. The summed E-state index contributed by atoms with van der Waals surface area (Å²) < 4.78 is 6.89. The molecule has 0 N–H and O–H groups in total. The van der Waals surface area contributed by atoms with Crippen LogP contribution in [0, 0.1) is 0 Å². The highest BCUT2D eigenvalue weighted by Crippen LogP contribution is 2.13. The highest BCUT2D eigenvalue weighted by atomic mass is 16.5. The van der Waals surface area contributed by atoms with Crippen LogP contribution < -0.4 is 4.74 Å². The van der Waals surface area contributed by atoms with E-state index in [1.54, 1.807) is 37.6 Å². The molecule has 0 fully saturated rings. The number of carbonyl (C=O) groups is 1. The van der Waals surface area contributed by atoms with Crippen molar-refractivity contribution in [3.05, 3.63) is 48.0 Å². The van der Waals surface area contributed by atoms with Gasteiger partial charge in [-0.2, -0.15) is 0 Å². The van der Waals surface area contributed by atoms with Gasteiger partial charge in [-0.1, -0.05) is 0 Å². The number of Topliss-reactive ketones (excluding diaryl/α,β-unsaturated/α-hetero) is 1. The summed E-state index contributed by atoms with van der Waals surface area (Å²) in [6.45, 7) is 0. The number of benzene rings is 1. The molecule has 0 bridgehead atoms. The van der Waals surface area contributed by atoms with Gasteiger partial charge >= 0.3 is 0 Å². The molecule has 2 rings (SSSR count). The van der Waals surface area contributed by atoms with E-state index >= 15 is 0 Å². The SMILES string of the molecule is COc1ccc(C(=O)Cc2nccn2C)cc1. The van der Waals surface area contributed by atoms with Gasteiger partial charge in [0.1, 0.15) is 11.6 Å². The fourth-order valence-corrected chi connectivity index (χ4v) is 1.59. The van der Waals surface area contributed by atoms with Crippen molar-refractivity contribution in [2.75, 3.05) is 7.11 Å². The molecule has 0 amide bonds. The first-order valence-electron chi connectivity index (χ1n) is 5.34. The molecule has 0 spiro atoms. The van der Waals surface area contributed by atoms with Gasteiger partial charge < -0.3 is 9.30 Å². The predicted molar refractivity (Wildman–Crippen MR) is 64.2 cm³/mol. The molecule has 4 heteroatoms. The molecule has 4 nitrogen and oxygen atoms in total. The van der Waals surface area contributed by atoms with Crippen molar-refractivity contribution in [2.45, 2.75) is 6.42 Å². The zero-order valence-corrected chi connectivity index (χ0v) is 9.88. The lowest BCUT2D eigenvalue weighted by Gasteiger charge is -2.03. The molecule has 0 radical (unpaired) electrons. The predicted octanol–water partition coefficient (Wildman–Crippen LogP) is 1.85. The summed E-state index contributed by atoms with van der Waals surface area (Å²) in [6.07, 6.45) is 3.84. The lowest BCUT2D eigenvalue weighted by molar-refractivity contribution is 0.0990. The Morgan fingerprint density at radius 1 is 1.35 bits per heavy atom. The van der Waals surface area contributed by atoms with Gasteiger partial charge in [-0.15, -0.1) is 0 Å². The number of methoxy groups -OCH3 is 1. The first-order valence-corrected chi connectivity index (χ1v) is 5.34. The quantitative estimate of drug-likeness (QED) is 0.753. The van der Waals surface area contributed by atoms with Crippen molar-refractivity contribution in [2.24, 2.45) is 7.05 Å². The van der Waals surface area contributed by atoms with Crippen LogP contribution in [0.1, 0.15) is 16.2 Å². The summed E-state index contributed by atoms with van der Waals surface area (Å²) in [5.74, 6) is 1.58. The smallest absolute Gasteiger partial charge is 0.170 e. The minimum atomic E-state index is 0.0574. The van der Waals surface area contributed by atoms with E-state index in [-0.39, 0.29) is 5.78 Å². The Morgan fingerprint density at radius 3 is 2.59 bits per heavy atom. The third kappa shape index (κ3) is 2.53. The van der Waals surface area contributed by atoms with E-state index in [9.17, 15) is 4.79 Å². The van der Waals surface area contributed by atoms with Crippen molar-refractivity contribution in [3.8, 4) is 5.75 Å². The number of nitrogens with zero attached hydrogens (tertiary/aromatic N) is 2. The number of ether oxygens (including phenoxy) is 1. The molecule has 1 aromatic carbocycles. The summed E-state index contributed by atoms with van der Waals surface area (Å²) in [4.78, 5) is 16.1. The highest BCUT2D eigenvalue weighted by Gasteiger charge is 2.09. The van der Waals surface area contributed by atoms with E-state index in [1.165, 1.54) is 0 Å². The third-order valence-corrected chi connectivity index (χ3v) is 2.65. The molecule has 0 aliphatic rings. The number of carbonyl (C=O) groups excluding carboxylic acids is 1. The Balaban J connectivity index is 2.12. The van der Waals surface area contributed by atoms with Gasteiger partial charge in [-0.05, 0) is 24.3 Å². The van der Waals surface area contributed by atoms with Crippen LogP contribution in [0.5, 0.6) is 5.75 Å². The van der Waals surface area contributed by atoms with Crippen LogP contribution in [0.3, 0.4) is 0 Å². The topological polar surface area (TPSA) is 44.1 Å². The summed E-state index contributed by atoms with van der Waals surface area (Å²) in [7, 11) is 3.48. The van der Waals surface area contributed by atoms with Gasteiger partial charge in [0.2, 0.25) is 0 Å². The second kappa shape index (κ2) is 4.82. The van der Waals surface area contributed by atoms with Crippen LogP contribution in [0.15, 0.2) is 36.7 Å². The van der Waals surface area contributed by atoms with Gasteiger partial charge in [0.25, 0.3) is 0 Å². The van der Waals surface area contributed by atoms with E-state index in [0.717, 1.165) is 11.6 Å². The Labute approximate surface area is 99.9 Å². The van der Waals surface area contributed by atoms with Crippen LogP contribution in [0.2, 0.25) is 0 Å². The molecule has 0 atom stereocenters. The van der Waals surface area contributed by atoms with Gasteiger partial charge in [0.15, 0.2) is 5.78 Å². The molecular formula is C13H14N2O2.